The van der Waals surface area contributed by atoms with Gasteiger partial charge in [0.2, 0.25) is 5.91 Å². The Balaban J connectivity index is 3.64. The van der Waals surface area contributed by atoms with Gasteiger partial charge in [0.1, 0.15) is 6.61 Å². The second kappa shape index (κ2) is 5.19. The Labute approximate surface area is 79.3 Å². The van der Waals surface area contributed by atoms with Gasteiger partial charge in [-0.3, -0.25) is 4.79 Å². The first-order chi connectivity index (χ1) is 5.85. The molecule has 0 saturated heterocycles. The zero-order chi connectivity index (χ0) is 10.5. The van der Waals surface area contributed by atoms with Crippen LogP contribution in [-0.4, -0.2) is 35.9 Å². The molecular weight excluding hydrogens is 170 g/mol. The van der Waals surface area contributed by atoms with Crippen molar-refractivity contribution in [1.29, 1.82) is 0 Å². The fourth-order valence-electron chi connectivity index (χ4n) is 0.644. The monoisotopic (exact) mass is 189 g/mol. The topological polar surface area (TPSA) is 58.6 Å². The molecule has 0 aromatic rings. The van der Waals surface area contributed by atoms with Crippen LogP contribution in [0.4, 0.5) is 0 Å². The highest BCUT2D eigenvalue weighted by Crippen LogP contribution is 2.05. The highest BCUT2D eigenvalue weighted by atomic mass is 16.5. The minimum Gasteiger partial charge on any atom is -0.394 e. The van der Waals surface area contributed by atoms with Crippen molar-refractivity contribution in [1.82, 2.24) is 5.32 Å². The van der Waals surface area contributed by atoms with Gasteiger partial charge in [0.15, 0.2) is 0 Å². The smallest absolute Gasteiger partial charge is 0.246 e. The molecule has 0 spiro atoms. The number of ether oxygens (including phenoxy) is 1. The number of nitrogens with one attached hydrogen (secondary N) is 1. The summed E-state index contributed by atoms with van der Waals surface area (Å²) >= 11 is 0. The van der Waals surface area contributed by atoms with Crippen molar-refractivity contribution in [2.24, 2.45) is 0 Å². The molecule has 0 rings (SSSR count). The summed E-state index contributed by atoms with van der Waals surface area (Å²) in [4.78, 5) is 11.1. The Hall–Kier alpha value is -0.610. The Morgan fingerprint density at radius 3 is 2.46 bits per heavy atom. The fourth-order valence-corrected chi connectivity index (χ4v) is 0.644. The minimum atomic E-state index is -0.306. The van der Waals surface area contributed by atoms with Crippen LogP contribution in [0.5, 0.6) is 0 Å². The third-order valence-corrected chi connectivity index (χ3v) is 1.32. The number of aliphatic hydroxyl groups is 1. The SMILES string of the molecule is C[C@H](CO)NC(=O)COC(C)(C)C. The highest BCUT2D eigenvalue weighted by molar-refractivity contribution is 5.77. The van der Waals surface area contributed by atoms with E-state index in [4.69, 9.17) is 9.84 Å². The maximum absolute atomic E-state index is 11.1. The zero-order valence-electron chi connectivity index (χ0n) is 8.76. The number of hydrogen-bond acceptors (Lipinski definition) is 3. The van der Waals surface area contributed by atoms with Crippen molar-refractivity contribution in [3.8, 4) is 0 Å². The highest BCUT2D eigenvalue weighted by Gasteiger charge is 2.13. The normalized spacial score (nSPS) is 13.9. The summed E-state index contributed by atoms with van der Waals surface area (Å²) in [6, 6.07) is -0.212. The van der Waals surface area contributed by atoms with Crippen LogP contribution in [0.3, 0.4) is 0 Å². The largest absolute Gasteiger partial charge is 0.394 e. The van der Waals surface area contributed by atoms with Crippen LogP contribution >= 0.6 is 0 Å². The first kappa shape index (κ1) is 12.4. The summed E-state index contributed by atoms with van der Waals surface area (Å²) in [6.07, 6.45) is 0. The van der Waals surface area contributed by atoms with E-state index in [1.54, 1.807) is 6.92 Å². The lowest BCUT2D eigenvalue weighted by atomic mass is 10.2. The van der Waals surface area contributed by atoms with Gasteiger partial charge in [-0.25, -0.2) is 0 Å². The molecule has 0 aliphatic heterocycles. The van der Waals surface area contributed by atoms with Crippen molar-refractivity contribution in [2.45, 2.75) is 39.3 Å². The van der Waals surface area contributed by atoms with Gasteiger partial charge >= 0.3 is 0 Å². The van der Waals surface area contributed by atoms with E-state index in [1.165, 1.54) is 0 Å². The standard InChI is InChI=1S/C9H19NO3/c1-7(5-11)10-8(12)6-13-9(2,3)4/h7,11H,5-6H2,1-4H3,(H,10,12)/t7-/m1/s1. The maximum Gasteiger partial charge on any atom is 0.246 e. The number of carbonyl (C=O) groups excluding carboxylic acids is 1. The van der Waals surface area contributed by atoms with Gasteiger partial charge in [-0.15, -0.1) is 0 Å². The minimum absolute atomic E-state index is 0.0356. The van der Waals surface area contributed by atoms with Crippen LogP contribution in [-0.2, 0) is 9.53 Å². The fraction of sp³-hybridized carbons (Fsp3) is 0.889. The number of hydrogen-bond donors (Lipinski definition) is 2. The second-order valence-corrected chi connectivity index (χ2v) is 4.05. The molecule has 4 nitrogen and oxygen atoms in total. The number of amides is 1. The number of rotatable bonds is 4. The van der Waals surface area contributed by atoms with E-state index in [9.17, 15) is 4.79 Å². The summed E-state index contributed by atoms with van der Waals surface area (Å²) in [6.45, 7) is 7.37. The van der Waals surface area contributed by atoms with E-state index in [1.807, 2.05) is 20.8 Å². The van der Waals surface area contributed by atoms with E-state index in [-0.39, 0.29) is 30.8 Å². The van der Waals surface area contributed by atoms with Crippen LogP contribution in [0.15, 0.2) is 0 Å². The third kappa shape index (κ3) is 7.74. The van der Waals surface area contributed by atoms with Crippen LogP contribution in [0, 0.1) is 0 Å². The molecule has 4 heteroatoms. The predicted octanol–water partition coefficient (Wildman–Crippen LogP) is 0.298. The van der Waals surface area contributed by atoms with Gasteiger partial charge in [-0.1, -0.05) is 0 Å². The van der Waals surface area contributed by atoms with E-state index >= 15 is 0 Å². The van der Waals surface area contributed by atoms with Crippen LogP contribution in [0.25, 0.3) is 0 Å². The first-order valence-corrected chi connectivity index (χ1v) is 4.39. The summed E-state index contributed by atoms with van der Waals surface area (Å²) in [5.41, 5.74) is -0.306. The molecule has 0 bridgehead atoms. The number of carbonyl (C=O) groups is 1. The molecule has 0 heterocycles. The van der Waals surface area contributed by atoms with Crippen LogP contribution < -0.4 is 5.32 Å². The lowest BCUT2D eigenvalue weighted by Gasteiger charge is -2.19. The number of aliphatic hydroxyl groups excluding tert-OH is 1. The predicted molar refractivity (Wildman–Crippen MR) is 50.4 cm³/mol. The molecule has 78 valence electrons. The Kier molecular flexibility index (Phi) is 4.95. The molecule has 0 aromatic carbocycles. The maximum atomic E-state index is 11.1. The van der Waals surface area contributed by atoms with Gasteiger partial charge in [0, 0.05) is 6.04 Å². The van der Waals surface area contributed by atoms with Crippen molar-refractivity contribution in [3.05, 3.63) is 0 Å². The van der Waals surface area contributed by atoms with Gasteiger partial charge < -0.3 is 15.2 Å². The van der Waals surface area contributed by atoms with Crippen molar-refractivity contribution in [3.63, 3.8) is 0 Å². The Morgan fingerprint density at radius 1 is 1.54 bits per heavy atom. The quantitative estimate of drug-likeness (QED) is 0.668. The summed E-state index contributed by atoms with van der Waals surface area (Å²) in [5, 5.41) is 11.2. The van der Waals surface area contributed by atoms with Gasteiger partial charge in [-0.2, -0.15) is 0 Å². The summed E-state index contributed by atoms with van der Waals surface area (Å²) < 4.78 is 5.24. The first-order valence-electron chi connectivity index (χ1n) is 4.39. The molecule has 1 amide bonds. The van der Waals surface area contributed by atoms with E-state index in [2.05, 4.69) is 5.32 Å². The van der Waals surface area contributed by atoms with Crippen LogP contribution in [0.1, 0.15) is 27.7 Å². The van der Waals surface area contributed by atoms with Crippen molar-refractivity contribution < 1.29 is 14.6 Å². The molecule has 1 atom stereocenters. The average molecular weight is 189 g/mol. The van der Waals surface area contributed by atoms with E-state index in [0.29, 0.717) is 0 Å². The van der Waals surface area contributed by atoms with E-state index in [0.717, 1.165) is 0 Å². The molecule has 0 aromatic heterocycles. The summed E-state index contributed by atoms with van der Waals surface area (Å²) in [7, 11) is 0. The third-order valence-electron chi connectivity index (χ3n) is 1.32. The van der Waals surface area contributed by atoms with Crippen LogP contribution in [0.2, 0.25) is 0 Å². The molecule has 0 aliphatic rings. The van der Waals surface area contributed by atoms with Gasteiger partial charge in [0.25, 0.3) is 0 Å². The molecule has 0 fully saturated rings. The molecule has 0 radical (unpaired) electrons. The molecule has 0 saturated carbocycles. The Morgan fingerprint density at radius 2 is 2.08 bits per heavy atom. The van der Waals surface area contributed by atoms with Gasteiger partial charge in [-0.05, 0) is 27.7 Å². The van der Waals surface area contributed by atoms with Gasteiger partial charge in [0.05, 0.1) is 12.2 Å². The molecule has 0 unspecified atom stereocenters. The van der Waals surface area contributed by atoms with Crippen molar-refractivity contribution in [2.75, 3.05) is 13.2 Å². The Bertz CT molecular complexity index is 163. The zero-order valence-corrected chi connectivity index (χ0v) is 8.76. The van der Waals surface area contributed by atoms with E-state index < -0.39 is 0 Å². The molecule has 13 heavy (non-hydrogen) atoms. The lowest BCUT2D eigenvalue weighted by Crippen LogP contribution is -2.39. The van der Waals surface area contributed by atoms with Crippen molar-refractivity contribution >= 4 is 5.91 Å². The summed E-state index contributed by atoms with van der Waals surface area (Å²) in [5.74, 6) is -0.198. The molecule has 2 N–H and O–H groups in total. The molecule has 0 aliphatic carbocycles. The average Bonchev–Trinajstić information content (AvgIpc) is 1.99. The lowest BCUT2D eigenvalue weighted by molar-refractivity contribution is -0.131. The molecular formula is C9H19NO3. The second-order valence-electron chi connectivity index (χ2n) is 4.05.